The van der Waals surface area contributed by atoms with Gasteiger partial charge >= 0.3 is 5.97 Å². The van der Waals surface area contributed by atoms with Crippen molar-refractivity contribution < 1.29 is 31.3 Å². The summed E-state index contributed by atoms with van der Waals surface area (Å²) < 4.78 is 5.36. The minimum Gasteiger partial charge on any atom is -1.00 e. The maximum absolute atomic E-state index is 13.1. The first-order chi connectivity index (χ1) is 18.3. The van der Waals surface area contributed by atoms with Gasteiger partial charge in [0.25, 0.3) is 0 Å². The molecule has 7 heteroatoms. The topological polar surface area (TPSA) is 67.4 Å². The maximum atomic E-state index is 13.1. The SMILES string of the molecule is CC(C)(C)OC(=O)CNCC1(C(=O)NCCC[P+](c2ccccc2)(c2ccccc2)c2ccccc2)CC1.[Br-]. The monoisotopic (exact) mass is 610 g/mol. The van der Waals surface area contributed by atoms with Gasteiger partial charge in [-0.15, -0.1) is 0 Å². The van der Waals surface area contributed by atoms with Crippen LogP contribution in [0.2, 0.25) is 0 Å². The summed E-state index contributed by atoms with van der Waals surface area (Å²) in [6.07, 6.45) is 3.53. The van der Waals surface area contributed by atoms with Gasteiger partial charge in [-0.05, 0) is 76.4 Å². The van der Waals surface area contributed by atoms with Crippen molar-refractivity contribution in [2.75, 3.05) is 25.8 Å². The molecular weight excluding hydrogens is 571 g/mol. The number of carbonyl (C=O) groups is 2. The van der Waals surface area contributed by atoms with E-state index in [0.717, 1.165) is 25.4 Å². The van der Waals surface area contributed by atoms with Gasteiger partial charge in [0.15, 0.2) is 0 Å². The highest BCUT2D eigenvalue weighted by atomic mass is 79.9. The van der Waals surface area contributed by atoms with Gasteiger partial charge in [-0.2, -0.15) is 0 Å². The molecule has 1 saturated carbocycles. The van der Waals surface area contributed by atoms with E-state index in [2.05, 4.69) is 102 Å². The Morgan fingerprint density at radius 3 is 1.69 bits per heavy atom. The molecule has 4 rings (SSSR count). The quantitative estimate of drug-likeness (QED) is 0.184. The normalized spacial score (nSPS) is 14.1. The van der Waals surface area contributed by atoms with Gasteiger partial charge in [0.1, 0.15) is 28.8 Å². The van der Waals surface area contributed by atoms with E-state index in [4.69, 9.17) is 4.74 Å². The Hall–Kier alpha value is -2.53. The molecule has 1 fully saturated rings. The number of ether oxygens (including phenoxy) is 1. The van der Waals surface area contributed by atoms with E-state index >= 15 is 0 Å². The van der Waals surface area contributed by atoms with Crippen molar-refractivity contribution in [3.63, 3.8) is 0 Å². The van der Waals surface area contributed by atoms with Crippen LogP contribution in [0.3, 0.4) is 0 Å². The highest BCUT2D eigenvalue weighted by molar-refractivity contribution is 7.95. The Morgan fingerprint density at radius 2 is 1.28 bits per heavy atom. The Balaban J connectivity index is 0.00000420. The van der Waals surface area contributed by atoms with Crippen LogP contribution in [0.1, 0.15) is 40.0 Å². The van der Waals surface area contributed by atoms with E-state index in [9.17, 15) is 9.59 Å². The smallest absolute Gasteiger partial charge is 0.320 e. The summed E-state index contributed by atoms with van der Waals surface area (Å²) >= 11 is 0. The van der Waals surface area contributed by atoms with E-state index in [1.165, 1.54) is 15.9 Å². The fourth-order valence-electron chi connectivity index (χ4n) is 5.00. The second-order valence-corrected chi connectivity index (χ2v) is 14.7. The fraction of sp³-hybridized carbons (Fsp3) is 0.375. The van der Waals surface area contributed by atoms with Crippen LogP contribution in [0.5, 0.6) is 0 Å². The average molecular weight is 612 g/mol. The molecule has 0 saturated heterocycles. The van der Waals surface area contributed by atoms with Crippen LogP contribution in [0.4, 0.5) is 0 Å². The number of hydrogen-bond donors (Lipinski definition) is 2. The number of esters is 1. The maximum Gasteiger partial charge on any atom is 0.320 e. The van der Waals surface area contributed by atoms with Gasteiger partial charge in [-0.1, -0.05) is 54.6 Å². The lowest BCUT2D eigenvalue weighted by Crippen LogP contribution is -3.00. The van der Waals surface area contributed by atoms with E-state index in [0.29, 0.717) is 13.1 Å². The van der Waals surface area contributed by atoms with Crippen molar-refractivity contribution in [1.29, 1.82) is 0 Å². The first-order valence-corrected chi connectivity index (χ1v) is 15.5. The third-order valence-electron chi connectivity index (χ3n) is 7.03. The summed E-state index contributed by atoms with van der Waals surface area (Å²) in [7, 11) is -1.90. The average Bonchev–Trinajstić information content (AvgIpc) is 3.70. The van der Waals surface area contributed by atoms with Crippen molar-refractivity contribution in [3.05, 3.63) is 91.0 Å². The molecule has 0 aromatic heterocycles. The van der Waals surface area contributed by atoms with Crippen LogP contribution < -0.4 is 43.5 Å². The minimum absolute atomic E-state index is 0. The number of benzene rings is 3. The molecule has 208 valence electrons. The molecule has 1 aliphatic rings. The molecule has 39 heavy (non-hydrogen) atoms. The molecule has 1 aliphatic carbocycles. The Labute approximate surface area is 244 Å². The van der Waals surface area contributed by atoms with Gasteiger partial charge < -0.3 is 32.4 Å². The summed E-state index contributed by atoms with van der Waals surface area (Å²) in [5, 5.41) is 10.4. The molecule has 3 aromatic carbocycles. The van der Waals surface area contributed by atoms with Crippen LogP contribution in [0, 0.1) is 5.41 Å². The van der Waals surface area contributed by atoms with Crippen LogP contribution in [-0.4, -0.2) is 43.3 Å². The van der Waals surface area contributed by atoms with Crippen molar-refractivity contribution in [2.24, 2.45) is 5.41 Å². The predicted octanol–water partition coefficient (Wildman–Crippen LogP) is 1.20. The molecule has 0 heterocycles. The molecule has 5 nitrogen and oxygen atoms in total. The summed E-state index contributed by atoms with van der Waals surface area (Å²) in [5.74, 6) is -0.214. The van der Waals surface area contributed by atoms with E-state index in [1.807, 2.05) is 20.8 Å². The number of carbonyl (C=O) groups excluding carboxylic acids is 2. The van der Waals surface area contributed by atoms with E-state index in [-0.39, 0.29) is 35.4 Å². The van der Waals surface area contributed by atoms with Gasteiger partial charge in [-0.3, -0.25) is 9.59 Å². The van der Waals surface area contributed by atoms with Crippen molar-refractivity contribution in [2.45, 2.75) is 45.6 Å². The summed E-state index contributed by atoms with van der Waals surface area (Å²) in [6, 6.07) is 32.5. The molecule has 0 atom stereocenters. The zero-order chi connectivity index (χ0) is 27.1. The Morgan fingerprint density at radius 1 is 0.821 bits per heavy atom. The molecule has 3 aromatic rings. The summed E-state index contributed by atoms with van der Waals surface area (Å²) in [4.78, 5) is 25.1. The lowest BCUT2D eigenvalue weighted by atomic mass is 10.1. The van der Waals surface area contributed by atoms with Crippen LogP contribution in [0.25, 0.3) is 0 Å². The molecule has 0 unspecified atom stereocenters. The molecule has 0 radical (unpaired) electrons. The Kier molecular flexibility index (Phi) is 10.9. The number of halogens is 1. The van der Waals surface area contributed by atoms with E-state index in [1.54, 1.807) is 0 Å². The standard InChI is InChI=1S/C32H39N2O3P.BrH/c1-31(2,3)37-29(35)24-33-25-32(20-21-32)30(36)34-22-13-23-38(26-14-7-4-8-15-26,27-16-9-5-10-17-27)28-18-11-6-12-19-28;/h4-12,14-19,33H,13,20-25H2,1-3H3;1H. The van der Waals surface area contributed by atoms with Gasteiger partial charge in [0, 0.05) is 13.1 Å². The second-order valence-electron chi connectivity index (χ2n) is 11.1. The molecule has 0 spiro atoms. The number of hydrogen-bond acceptors (Lipinski definition) is 4. The second kappa shape index (κ2) is 13.7. The first-order valence-electron chi connectivity index (χ1n) is 13.5. The summed E-state index contributed by atoms with van der Waals surface area (Å²) in [5.41, 5.74) is -0.920. The lowest BCUT2D eigenvalue weighted by Gasteiger charge is -2.28. The molecular formula is C32H40BrN2O3P. The summed E-state index contributed by atoms with van der Waals surface area (Å²) in [6.45, 7) is 6.79. The first kappa shape index (κ1) is 31.0. The number of amides is 1. The van der Waals surface area contributed by atoms with Gasteiger partial charge in [0.05, 0.1) is 18.1 Å². The van der Waals surface area contributed by atoms with Crippen molar-refractivity contribution >= 4 is 35.1 Å². The zero-order valence-corrected chi connectivity index (χ0v) is 25.6. The lowest BCUT2D eigenvalue weighted by molar-refractivity contribution is -0.153. The fourth-order valence-corrected chi connectivity index (χ4v) is 9.35. The van der Waals surface area contributed by atoms with Gasteiger partial charge in [0.2, 0.25) is 5.91 Å². The third kappa shape index (κ3) is 8.00. The van der Waals surface area contributed by atoms with Gasteiger partial charge in [-0.25, -0.2) is 0 Å². The number of rotatable bonds is 12. The number of nitrogens with one attached hydrogen (secondary N) is 2. The molecule has 2 N–H and O–H groups in total. The highest BCUT2D eigenvalue weighted by Crippen LogP contribution is 2.55. The zero-order valence-electron chi connectivity index (χ0n) is 23.2. The largest absolute Gasteiger partial charge is 1.00 e. The highest BCUT2D eigenvalue weighted by Gasteiger charge is 2.49. The van der Waals surface area contributed by atoms with Crippen LogP contribution in [0.15, 0.2) is 91.0 Å². The molecule has 0 bridgehead atoms. The van der Waals surface area contributed by atoms with Crippen LogP contribution >= 0.6 is 7.26 Å². The molecule has 0 aliphatic heterocycles. The van der Waals surface area contributed by atoms with E-state index < -0.39 is 18.3 Å². The van der Waals surface area contributed by atoms with Crippen molar-refractivity contribution in [3.8, 4) is 0 Å². The molecule has 1 amide bonds. The minimum atomic E-state index is -1.90. The van der Waals surface area contributed by atoms with Crippen LogP contribution in [-0.2, 0) is 14.3 Å². The Bertz CT molecular complexity index is 1100. The van der Waals surface area contributed by atoms with Crippen molar-refractivity contribution in [1.82, 2.24) is 10.6 Å². The predicted molar refractivity (Wildman–Crippen MR) is 158 cm³/mol. The third-order valence-corrected chi connectivity index (χ3v) is 11.6.